The molecule has 9 aromatic carbocycles. The van der Waals surface area contributed by atoms with E-state index in [2.05, 4.69) is 254 Å². The van der Waals surface area contributed by atoms with Crippen LogP contribution in [0.4, 0.5) is 0 Å². The lowest BCUT2D eigenvalue weighted by molar-refractivity contribution is 1.18. The Bertz CT molecular complexity index is 3260. The zero-order valence-electron chi connectivity index (χ0n) is 34.8. The van der Waals surface area contributed by atoms with Gasteiger partial charge in [0.25, 0.3) is 0 Å². The first-order valence-corrected chi connectivity index (χ1v) is 21.5. The van der Waals surface area contributed by atoms with Crippen molar-refractivity contribution in [1.29, 1.82) is 0 Å². The summed E-state index contributed by atoms with van der Waals surface area (Å²) in [4.78, 5) is 0. The molecule has 0 aliphatic rings. The van der Waals surface area contributed by atoms with Gasteiger partial charge in [0.1, 0.15) is 0 Å². The number of para-hydroxylation sites is 2. The second-order valence-electron chi connectivity index (χ2n) is 16.1. The van der Waals surface area contributed by atoms with Crippen molar-refractivity contribution in [3.63, 3.8) is 0 Å². The van der Waals surface area contributed by atoms with Crippen LogP contribution in [0.2, 0.25) is 0 Å². The van der Waals surface area contributed by atoms with Gasteiger partial charge >= 0.3 is 0 Å². The van der Waals surface area contributed by atoms with Gasteiger partial charge in [0.2, 0.25) is 0 Å². The van der Waals surface area contributed by atoms with Gasteiger partial charge in [-0.25, -0.2) is 0 Å². The summed E-state index contributed by atoms with van der Waals surface area (Å²) in [6.45, 7) is 4.12. The molecular weight excluding hydrogens is 749 g/mol. The van der Waals surface area contributed by atoms with Crippen LogP contribution in [-0.2, 0) is 0 Å². The van der Waals surface area contributed by atoms with Crippen molar-refractivity contribution in [3.8, 4) is 55.9 Å². The Morgan fingerprint density at radius 2 is 0.613 bits per heavy atom. The maximum absolute atomic E-state index is 2.39. The second kappa shape index (κ2) is 15.6. The first-order chi connectivity index (χ1) is 30.6. The zero-order valence-corrected chi connectivity index (χ0v) is 34.8. The van der Waals surface area contributed by atoms with E-state index >= 15 is 0 Å². The average Bonchev–Trinajstić information content (AvgIpc) is 3.84. The van der Waals surface area contributed by atoms with E-state index in [0.717, 1.165) is 11.4 Å². The van der Waals surface area contributed by atoms with Gasteiger partial charge < -0.3 is 9.13 Å². The van der Waals surface area contributed by atoms with Crippen molar-refractivity contribution in [3.05, 3.63) is 230 Å². The fraction of sp³-hybridized carbons (Fsp3) is 0.0333. The zero-order chi connectivity index (χ0) is 41.6. The maximum Gasteiger partial charge on any atom is 0.0541 e. The maximum atomic E-state index is 2.39. The van der Waals surface area contributed by atoms with Crippen molar-refractivity contribution in [2.75, 3.05) is 0 Å². The Morgan fingerprint density at radius 1 is 0.274 bits per heavy atom. The topological polar surface area (TPSA) is 9.86 Å². The smallest absolute Gasteiger partial charge is 0.0541 e. The molecule has 0 N–H and O–H groups in total. The summed E-state index contributed by atoms with van der Waals surface area (Å²) in [6.07, 6.45) is 8.48. The van der Waals surface area contributed by atoms with Gasteiger partial charge in [0.15, 0.2) is 0 Å². The van der Waals surface area contributed by atoms with Crippen LogP contribution in [0, 0.1) is 0 Å². The quantitative estimate of drug-likeness (QED) is 0.145. The summed E-state index contributed by atoms with van der Waals surface area (Å²) < 4.78 is 4.78. The van der Waals surface area contributed by atoms with Crippen molar-refractivity contribution in [2.45, 2.75) is 13.8 Å². The number of allylic oxidation sites excluding steroid dienone is 2. The lowest BCUT2D eigenvalue weighted by atomic mass is 10.00. The third kappa shape index (κ3) is 6.54. The summed E-state index contributed by atoms with van der Waals surface area (Å²) in [5.41, 5.74) is 19.2. The molecule has 11 rings (SSSR count). The molecule has 0 bridgehead atoms. The molecule has 62 heavy (non-hydrogen) atoms. The first-order valence-electron chi connectivity index (χ1n) is 21.5. The van der Waals surface area contributed by atoms with E-state index in [1.54, 1.807) is 0 Å². The van der Waals surface area contributed by atoms with E-state index in [9.17, 15) is 0 Å². The summed E-state index contributed by atoms with van der Waals surface area (Å²) >= 11 is 0. The first kappa shape index (κ1) is 37.1. The number of benzene rings is 9. The fourth-order valence-corrected chi connectivity index (χ4v) is 9.35. The van der Waals surface area contributed by atoms with Gasteiger partial charge in [0, 0.05) is 32.9 Å². The molecule has 0 saturated heterocycles. The molecule has 0 aliphatic carbocycles. The highest BCUT2D eigenvalue weighted by atomic mass is 15.0. The third-order valence-corrected chi connectivity index (χ3v) is 12.3. The average molecular weight is 793 g/mol. The van der Waals surface area contributed by atoms with Crippen molar-refractivity contribution < 1.29 is 0 Å². The van der Waals surface area contributed by atoms with Gasteiger partial charge in [-0.15, -0.1) is 0 Å². The molecule has 0 radical (unpaired) electrons. The number of fused-ring (bicyclic) bond motifs is 6. The Balaban J connectivity index is 0.868. The number of hydrogen-bond acceptors (Lipinski definition) is 0. The number of aromatic nitrogens is 2. The summed E-state index contributed by atoms with van der Waals surface area (Å²) in [5, 5.41) is 5.03. The second-order valence-corrected chi connectivity index (χ2v) is 16.1. The van der Waals surface area contributed by atoms with E-state index in [1.807, 2.05) is 0 Å². The molecule has 0 aliphatic heterocycles. The largest absolute Gasteiger partial charge is 0.309 e. The molecule has 11 aromatic rings. The van der Waals surface area contributed by atoms with Gasteiger partial charge in [-0.1, -0.05) is 158 Å². The highest BCUT2D eigenvalue weighted by Crippen LogP contribution is 2.38. The molecule has 0 atom stereocenters. The van der Waals surface area contributed by atoms with Gasteiger partial charge in [-0.2, -0.15) is 0 Å². The lowest BCUT2D eigenvalue weighted by Gasteiger charge is -2.11. The number of hydrogen-bond donors (Lipinski definition) is 0. The van der Waals surface area contributed by atoms with Crippen molar-refractivity contribution >= 4 is 55.8 Å². The molecular formula is C60H44N2. The predicted octanol–water partition coefficient (Wildman–Crippen LogP) is 16.6. The van der Waals surface area contributed by atoms with E-state index in [1.165, 1.54) is 99.2 Å². The fourth-order valence-electron chi connectivity index (χ4n) is 9.35. The van der Waals surface area contributed by atoms with Crippen LogP contribution in [-0.4, -0.2) is 9.13 Å². The molecule has 2 aromatic heterocycles. The number of rotatable bonds is 8. The highest BCUT2D eigenvalue weighted by molar-refractivity contribution is 6.11. The van der Waals surface area contributed by atoms with Gasteiger partial charge in [0.05, 0.1) is 22.1 Å². The van der Waals surface area contributed by atoms with E-state index in [0.29, 0.717) is 0 Å². The van der Waals surface area contributed by atoms with Crippen LogP contribution in [0.25, 0.3) is 112 Å². The Kier molecular flexibility index (Phi) is 9.32. The molecule has 294 valence electrons. The minimum absolute atomic E-state index is 1.15. The van der Waals surface area contributed by atoms with E-state index in [4.69, 9.17) is 0 Å². The van der Waals surface area contributed by atoms with Crippen LogP contribution in [0.1, 0.15) is 25.0 Å². The molecule has 0 unspecified atom stereocenters. The van der Waals surface area contributed by atoms with Crippen molar-refractivity contribution in [1.82, 2.24) is 9.13 Å². The van der Waals surface area contributed by atoms with Crippen LogP contribution >= 0.6 is 0 Å². The molecule has 2 nitrogen and oxygen atoms in total. The third-order valence-electron chi connectivity index (χ3n) is 12.3. The summed E-state index contributed by atoms with van der Waals surface area (Å²) in [6, 6.07) is 75.7. The van der Waals surface area contributed by atoms with E-state index < -0.39 is 0 Å². The van der Waals surface area contributed by atoms with Gasteiger partial charge in [-0.3, -0.25) is 0 Å². The summed E-state index contributed by atoms with van der Waals surface area (Å²) in [5.74, 6) is 0. The Hall–Kier alpha value is -7.94. The predicted molar refractivity (Wildman–Crippen MR) is 266 cm³/mol. The number of nitrogens with zero attached hydrogens (tertiary/aromatic N) is 2. The van der Waals surface area contributed by atoms with Crippen LogP contribution in [0.3, 0.4) is 0 Å². The van der Waals surface area contributed by atoms with Gasteiger partial charge in [-0.05, 0) is 142 Å². The van der Waals surface area contributed by atoms with Crippen LogP contribution in [0.15, 0.2) is 218 Å². The Morgan fingerprint density at radius 3 is 1.02 bits per heavy atom. The SMILES string of the molecule is C/C=C/c1cccc(-c2ccc3c(c2)c2ccccc2n3-c2ccc(-c3ccc(-c4ccc(-n5c6ccccc6c6cc(-c7cccc(/C=C/C)c7)ccc65)cc4)cc3)cc2)c1. The molecule has 0 fully saturated rings. The monoisotopic (exact) mass is 792 g/mol. The van der Waals surface area contributed by atoms with E-state index in [-0.39, 0.29) is 0 Å². The standard InChI is InChI=1S/C60H44N2/c1-3-11-41-13-9-15-47(37-41)49-29-35-59-55(39-49)53-17-5-7-19-57(53)61(59)51-31-25-45(26-32-51)43-21-23-44(24-22-43)46-27-33-52(34-28-46)62-58-20-8-6-18-54(58)56-40-50(30-36-60(56)62)48-16-10-14-42(38-48)12-4-2/h3-40H,1-2H3/b11-3+,12-4+. The lowest BCUT2D eigenvalue weighted by Crippen LogP contribution is -1.94. The molecule has 2 heterocycles. The van der Waals surface area contributed by atoms with Crippen molar-refractivity contribution in [2.24, 2.45) is 0 Å². The molecule has 0 saturated carbocycles. The minimum Gasteiger partial charge on any atom is -0.309 e. The Labute approximate surface area is 362 Å². The highest BCUT2D eigenvalue weighted by Gasteiger charge is 2.16. The normalized spacial score (nSPS) is 11.9. The molecule has 0 amide bonds. The molecule has 0 spiro atoms. The molecule has 2 heteroatoms. The van der Waals surface area contributed by atoms with Crippen LogP contribution < -0.4 is 0 Å². The minimum atomic E-state index is 1.15. The van der Waals surface area contributed by atoms with Crippen LogP contribution in [0.5, 0.6) is 0 Å². The summed E-state index contributed by atoms with van der Waals surface area (Å²) in [7, 11) is 0.